The Kier molecular flexibility index (Phi) is 3.57. The molecule has 16 heavy (non-hydrogen) atoms. The van der Waals surface area contributed by atoms with Crippen molar-refractivity contribution in [1.29, 1.82) is 5.26 Å². The van der Waals surface area contributed by atoms with Crippen LogP contribution >= 0.6 is 22.6 Å². The summed E-state index contributed by atoms with van der Waals surface area (Å²) in [6, 6.07) is 3.50. The summed E-state index contributed by atoms with van der Waals surface area (Å²) in [5.41, 5.74) is -1.13. The van der Waals surface area contributed by atoms with Crippen LogP contribution in [0.5, 0.6) is 0 Å². The number of carbonyl (C=O) groups is 1. The van der Waals surface area contributed by atoms with Gasteiger partial charge in [-0.05, 0) is 41.6 Å². The molecule has 0 bridgehead atoms. The zero-order valence-corrected chi connectivity index (χ0v) is 10.2. The van der Waals surface area contributed by atoms with Crippen molar-refractivity contribution in [1.82, 2.24) is 0 Å². The average molecular weight is 339 g/mol. The minimum absolute atomic E-state index is 0.0371. The molecule has 0 heterocycles. The molecular formula is C10H5F3INO. The largest absolute Gasteiger partial charge is 0.417 e. The second-order valence-corrected chi connectivity index (χ2v) is 4.21. The van der Waals surface area contributed by atoms with Crippen LogP contribution in [0.25, 0.3) is 0 Å². The smallest absolute Gasteiger partial charge is 0.294 e. The van der Waals surface area contributed by atoms with E-state index in [0.29, 0.717) is 0 Å². The first-order chi connectivity index (χ1) is 7.27. The molecule has 0 atom stereocenters. The fourth-order valence-corrected chi connectivity index (χ4v) is 1.95. The summed E-state index contributed by atoms with van der Waals surface area (Å²) in [5.74, 6) is -0.557. The summed E-state index contributed by atoms with van der Waals surface area (Å²) >= 11 is 1.49. The number of benzene rings is 1. The third-order valence-corrected chi connectivity index (χ3v) is 2.80. The molecule has 0 unspecified atom stereocenters. The standard InChI is InChI=1S/C10H5F3INO/c1-5(16)7-3-8(10(11,12)13)9(14)2-6(7)4-15/h2-3H,1H3. The third-order valence-electron chi connectivity index (χ3n) is 1.91. The van der Waals surface area contributed by atoms with Crippen molar-refractivity contribution in [3.05, 3.63) is 32.4 Å². The Bertz CT molecular complexity index is 488. The molecule has 0 aliphatic rings. The summed E-state index contributed by atoms with van der Waals surface area (Å²) < 4.78 is 37.5. The number of Topliss-reactive ketones (excluding diaryl/α,β-unsaturated/α-hetero) is 1. The Balaban J connectivity index is 3.53. The van der Waals surface area contributed by atoms with E-state index in [2.05, 4.69) is 0 Å². The molecule has 0 amide bonds. The van der Waals surface area contributed by atoms with Gasteiger partial charge in [-0.25, -0.2) is 0 Å². The van der Waals surface area contributed by atoms with Crippen molar-refractivity contribution in [2.24, 2.45) is 0 Å². The van der Waals surface area contributed by atoms with Gasteiger partial charge in [-0.3, -0.25) is 4.79 Å². The van der Waals surface area contributed by atoms with Crippen molar-refractivity contribution in [3.63, 3.8) is 0 Å². The lowest BCUT2D eigenvalue weighted by Crippen LogP contribution is -2.10. The van der Waals surface area contributed by atoms with Crippen molar-refractivity contribution < 1.29 is 18.0 Å². The van der Waals surface area contributed by atoms with Crippen LogP contribution in [-0.4, -0.2) is 5.78 Å². The summed E-state index contributed by atoms with van der Waals surface area (Å²) in [5, 5.41) is 8.70. The van der Waals surface area contributed by atoms with E-state index in [1.807, 2.05) is 0 Å². The highest BCUT2D eigenvalue weighted by molar-refractivity contribution is 14.1. The second kappa shape index (κ2) is 4.41. The maximum absolute atomic E-state index is 12.5. The van der Waals surface area contributed by atoms with Crippen LogP contribution in [0.3, 0.4) is 0 Å². The number of halogens is 4. The van der Waals surface area contributed by atoms with Gasteiger partial charge < -0.3 is 0 Å². The minimum atomic E-state index is -4.52. The van der Waals surface area contributed by atoms with Gasteiger partial charge in [0.05, 0.1) is 17.2 Å². The molecule has 0 N–H and O–H groups in total. The lowest BCUT2D eigenvalue weighted by Gasteiger charge is -2.11. The van der Waals surface area contributed by atoms with Crippen molar-refractivity contribution in [3.8, 4) is 6.07 Å². The van der Waals surface area contributed by atoms with Gasteiger partial charge in [0.25, 0.3) is 0 Å². The van der Waals surface area contributed by atoms with E-state index < -0.39 is 17.5 Å². The molecule has 0 aliphatic heterocycles. The zero-order chi connectivity index (χ0) is 12.5. The van der Waals surface area contributed by atoms with Crippen molar-refractivity contribution >= 4 is 28.4 Å². The lowest BCUT2D eigenvalue weighted by atomic mass is 10.0. The molecule has 0 spiro atoms. The molecule has 0 saturated heterocycles. The SMILES string of the molecule is CC(=O)c1cc(C(F)(F)F)c(I)cc1C#N. The molecule has 1 rings (SSSR count). The molecule has 6 heteroatoms. The predicted molar refractivity (Wildman–Crippen MR) is 58.9 cm³/mol. The van der Waals surface area contributed by atoms with Crippen LogP contribution < -0.4 is 0 Å². The first-order valence-corrected chi connectivity index (χ1v) is 5.17. The first-order valence-electron chi connectivity index (χ1n) is 4.09. The quantitative estimate of drug-likeness (QED) is 0.581. The van der Waals surface area contributed by atoms with E-state index in [4.69, 9.17) is 5.26 Å². The number of nitriles is 1. The Morgan fingerprint density at radius 1 is 1.44 bits per heavy atom. The number of ketones is 1. The van der Waals surface area contributed by atoms with Gasteiger partial charge in [0.1, 0.15) is 0 Å². The number of hydrogen-bond donors (Lipinski definition) is 0. The molecular weight excluding hydrogens is 334 g/mol. The van der Waals surface area contributed by atoms with Gasteiger partial charge in [-0.2, -0.15) is 18.4 Å². The molecule has 0 aliphatic carbocycles. The Morgan fingerprint density at radius 2 is 2.00 bits per heavy atom. The van der Waals surface area contributed by atoms with E-state index >= 15 is 0 Å². The Hall–Kier alpha value is -1.10. The maximum atomic E-state index is 12.5. The van der Waals surface area contributed by atoms with Gasteiger partial charge in [-0.15, -0.1) is 0 Å². The van der Waals surface area contributed by atoms with E-state index in [1.54, 1.807) is 6.07 Å². The molecule has 1 aromatic rings. The normalized spacial score (nSPS) is 11.0. The highest BCUT2D eigenvalue weighted by Crippen LogP contribution is 2.34. The summed E-state index contributed by atoms with van der Waals surface area (Å²) in [6.45, 7) is 1.13. The van der Waals surface area contributed by atoms with Crippen LogP contribution in [0.2, 0.25) is 0 Å². The van der Waals surface area contributed by atoms with Gasteiger partial charge in [-0.1, -0.05) is 0 Å². The fourth-order valence-electron chi connectivity index (χ4n) is 1.17. The number of hydrogen-bond acceptors (Lipinski definition) is 2. The first kappa shape index (κ1) is 13.0. The van der Waals surface area contributed by atoms with Crippen LogP contribution in [-0.2, 0) is 6.18 Å². The summed E-state index contributed by atoms with van der Waals surface area (Å²) in [4.78, 5) is 11.1. The van der Waals surface area contributed by atoms with Gasteiger partial charge in [0.15, 0.2) is 5.78 Å². The third kappa shape index (κ3) is 2.52. The number of nitrogens with zero attached hydrogens (tertiary/aromatic N) is 1. The summed E-state index contributed by atoms with van der Waals surface area (Å²) in [6.07, 6.45) is -4.52. The average Bonchev–Trinajstić information content (AvgIpc) is 2.14. The number of carbonyl (C=O) groups excluding carboxylic acids is 1. The summed E-state index contributed by atoms with van der Waals surface area (Å²) in [7, 11) is 0. The van der Waals surface area contributed by atoms with Crippen LogP contribution in [0.4, 0.5) is 13.2 Å². The van der Waals surface area contributed by atoms with Crippen LogP contribution in [0, 0.1) is 14.9 Å². The minimum Gasteiger partial charge on any atom is -0.294 e. The van der Waals surface area contributed by atoms with Gasteiger partial charge >= 0.3 is 6.18 Å². The zero-order valence-electron chi connectivity index (χ0n) is 8.02. The molecule has 0 fully saturated rings. The topological polar surface area (TPSA) is 40.9 Å². The van der Waals surface area contributed by atoms with Crippen LogP contribution in [0.15, 0.2) is 12.1 Å². The number of alkyl halides is 3. The predicted octanol–water partition coefficient (Wildman–Crippen LogP) is 3.38. The van der Waals surface area contributed by atoms with Crippen LogP contribution in [0.1, 0.15) is 28.4 Å². The van der Waals surface area contributed by atoms with E-state index in [-0.39, 0.29) is 14.7 Å². The van der Waals surface area contributed by atoms with E-state index in [1.165, 1.54) is 22.6 Å². The second-order valence-electron chi connectivity index (χ2n) is 3.04. The molecule has 0 aromatic heterocycles. The van der Waals surface area contributed by atoms with Crippen molar-refractivity contribution in [2.45, 2.75) is 13.1 Å². The highest BCUT2D eigenvalue weighted by atomic mass is 127. The Morgan fingerprint density at radius 3 is 2.38 bits per heavy atom. The van der Waals surface area contributed by atoms with Crippen molar-refractivity contribution in [2.75, 3.05) is 0 Å². The van der Waals surface area contributed by atoms with Gasteiger partial charge in [0.2, 0.25) is 0 Å². The molecule has 1 aromatic carbocycles. The number of rotatable bonds is 1. The fraction of sp³-hybridized carbons (Fsp3) is 0.200. The molecule has 0 saturated carbocycles. The van der Waals surface area contributed by atoms with E-state index in [9.17, 15) is 18.0 Å². The lowest BCUT2D eigenvalue weighted by molar-refractivity contribution is -0.138. The molecule has 0 radical (unpaired) electrons. The molecule has 2 nitrogen and oxygen atoms in total. The monoisotopic (exact) mass is 339 g/mol. The van der Waals surface area contributed by atoms with Gasteiger partial charge in [0, 0.05) is 9.13 Å². The Labute approximate surface area is 103 Å². The highest BCUT2D eigenvalue weighted by Gasteiger charge is 2.34. The maximum Gasteiger partial charge on any atom is 0.417 e. The molecule has 84 valence electrons. The van der Waals surface area contributed by atoms with E-state index in [0.717, 1.165) is 19.1 Å².